The molecule has 1 aromatic heterocycles. The smallest absolute Gasteiger partial charge is 0.356 e. The Labute approximate surface area is 180 Å². The zero-order valence-electron chi connectivity index (χ0n) is 17.6. The third kappa shape index (κ3) is 6.37. The highest BCUT2D eigenvalue weighted by Crippen LogP contribution is 2.18. The van der Waals surface area contributed by atoms with E-state index in [1.54, 1.807) is 18.2 Å². The zero-order chi connectivity index (χ0) is 22.2. The van der Waals surface area contributed by atoms with Gasteiger partial charge in [0.1, 0.15) is 5.69 Å². The van der Waals surface area contributed by atoms with Crippen molar-refractivity contribution in [1.82, 2.24) is 15.5 Å². The average Bonchev–Trinajstić information content (AvgIpc) is 3.26. The van der Waals surface area contributed by atoms with Gasteiger partial charge in [-0.1, -0.05) is 54.1 Å². The second-order valence-electron chi connectivity index (χ2n) is 7.32. The lowest BCUT2D eigenvalue weighted by Crippen LogP contribution is -2.21. The summed E-state index contributed by atoms with van der Waals surface area (Å²) in [5, 5.41) is 9.55. The lowest BCUT2D eigenvalue weighted by atomic mass is 10.1. The minimum atomic E-state index is -0.631. The van der Waals surface area contributed by atoms with Gasteiger partial charge in [0, 0.05) is 24.6 Å². The Bertz CT molecular complexity index is 1050. The summed E-state index contributed by atoms with van der Waals surface area (Å²) in [5.74, 6) is -0.956. The molecule has 3 rings (SSSR count). The minimum absolute atomic E-state index is 0.0444. The molecule has 0 fully saturated rings. The van der Waals surface area contributed by atoms with Crippen LogP contribution < -0.4 is 5.32 Å². The zero-order valence-corrected chi connectivity index (χ0v) is 17.6. The van der Waals surface area contributed by atoms with Gasteiger partial charge in [-0.2, -0.15) is 5.10 Å². The van der Waals surface area contributed by atoms with Gasteiger partial charge in [-0.15, -0.1) is 0 Å². The van der Waals surface area contributed by atoms with Crippen LogP contribution in [-0.4, -0.2) is 41.0 Å². The number of esters is 1. The molecule has 0 spiro atoms. The molecule has 2 N–H and O–H groups in total. The number of hydrogen-bond donors (Lipinski definition) is 2. The van der Waals surface area contributed by atoms with Gasteiger partial charge in [-0.25, -0.2) is 4.79 Å². The van der Waals surface area contributed by atoms with Crippen molar-refractivity contribution >= 4 is 17.7 Å². The van der Waals surface area contributed by atoms with E-state index < -0.39 is 5.97 Å². The van der Waals surface area contributed by atoms with Crippen LogP contribution in [0, 0.1) is 6.92 Å². The van der Waals surface area contributed by atoms with E-state index in [1.807, 2.05) is 43.3 Å². The number of nitrogens with one attached hydrogen (secondary N) is 2. The highest BCUT2D eigenvalue weighted by Gasteiger charge is 2.15. The number of ether oxygens (including phenoxy) is 1. The highest BCUT2D eigenvalue weighted by molar-refractivity contribution is 5.99. The van der Waals surface area contributed by atoms with E-state index >= 15 is 0 Å². The maximum atomic E-state index is 12.3. The molecule has 0 atom stereocenters. The van der Waals surface area contributed by atoms with Gasteiger partial charge in [0.25, 0.3) is 0 Å². The molecular weight excluding hydrogens is 394 g/mol. The molecule has 3 aromatic rings. The van der Waals surface area contributed by atoms with Crippen LogP contribution in [0.5, 0.6) is 0 Å². The Kier molecular flexibility index (Phi) is 7.32. The third-order valence-corrected chi connectivity index (χ3v) is 4.77. The lowest BCUT2D eigenvalue weighted by molar-refractivity contribution is -0.118. The van der Waals surface area contributed by atoms with Crippen molar-refractivity contribution in [3.63, 3.8) is 0 Å². The van der Waals surface area contributed by atoms with Crippen molar-refractivity contribution < 1.29 is 19.1 Å². The molecule has 1 amide bonds. The number of Topliss-reactive ketones (excluding diaryl/α,β-unsaturated/α-hetero) is 1. The summed E-state index contributed by atoms with van der Waals surface area (Å²) in [7, 11) is 0. The number of rotatable bonds is 9. The van der Waals surface area contributed by atoms with Crippen molar-refractivity contribution in [3.05, 3.63) is 77.0 Å². The van der Waals surface area contributed by atoms with Crippen LogP contribution in [0.15, 0.2) is 54.6 Å². The van der Waals surface area contributed by atoms with E-state index in [0.717, 1.165) is 29.5 Å². The first-order valence-electron chi connectivity index (χ1n) is 10.1. The Hall–Kier alpha value is -3.74. The molecule has 0 aliphatic rings. The first kappa shape index (κ1) is 22.0. The molecule has 0 bridgehead atoms. The molecule has 7 nitrogen and oxygen atoms in total. The monoisotopic (exact) mass is 419 g/mol. The summed E-state index contributed by atoms with van der Waals surface area (Å²) in [5.41, 5.74) is 4.39. The second-order valence-corrected chi connectivity index (χ2v) is 7.32. The molecule has 31 heavy (non-hydrogen) atoms. The maximum Gasteiger partial charge on any atom is 0.356 e. The number of carbonyl (C=O) groups excluding carboxylic acids is 3. The molecule has 7 heteroatoms. The predicted octanol–water partition coefficient (Wildman–Crippen LogP) is 3.49. The van der Waals surface area contributed by atoms with Gasteiger partial charge in [0.05, 0.1) is 5.69 Å². The van der Waals surface area contributed by atoms with Crippen LogP contribution in [0.4, 0.5) is 0 Å². The van der Waals surface area contributed by atoms with Gasteiger partial charge < -0.3 is 10.1 Å². The van der Waals surface area contributed by atoms with Crippen molar-refractivity contribution in [3.8, 4) is 11.3 Å². The molecule has 0 aliphatic heterocycles. The van der Waals surface area contributed by atoms with Crippen LogP contribution in [-0.2, 0) is 16.0 Å². The van der Waals surface area contributed by atoms with Crippen LogP contribution in [0.25, 0.3) is 11.3 Å². The Morgan fingerprint density at radius 3 is 2.42 bits per heavy atom. The second kappa shape index (κ2) is 10.3. The molecule has 0 aliphatic carbocycles. The molecule has 0 unspecified atom stereocenters. The fourth-order valence-corrected chi connectivity index (χ4v) is 3.00. The summed E-state index contributed by atoms with van der Waals surface area (Å²) in [6.45, 7) is 3.75. The van der Waals surface area contributed by atoms with Crippen molar-refractivity contribution in [1.29, 1.82) is 0 Å². The Morgan fingerprint density at radius 1 is 1.03 bits per heavy atom. The maximum absolute atomic E-state index is 12.3. The fourth-order valence-electron chi connectivity index (χ4n) is 3.00. The predicted molar refractivity (Wildman–Crippen MR) is 117 cm³/mol. The number of amides is 1. The number of hydrogen-bond acceptors (Lipinski definition) is 5. The van der Waals surface area contributed by atoms with E-state index in [0.29, 0.717) is 17.8 Å². The average molecular weight is 419 g/mol. The number of nitrogens with zero attached hydrogens (tertiary/aromatic N) is 1. The van der Waals surface area contributed by atoms with E-state index in [9.17, 15) is 14.4 Å². The van der Waals surface area contributed by atoms with E-state index in [1.165, 1.54) is 6.92 Å². The van der Waals surface area contributed by atoms with Crippen LogP contribution in [0.1, 0.15) is 45.3 Å². The number of aryl methyl sites for hydroxylation is 2. The van der Waals surface area contributed by atoms with Gasteiger partial charge in [0.2, 0.25) is 5.91 Å². The highest BCUT2D eigenvalue weighted by atomic mass is 16.5. The topological polar surface area (TPSA) is 101 Å². The fraction of sp³-hybridized carbons (Fsp3) is 0.250. The van der Waals surface area contributed by atoms with Crippen LogP contribution in [0.2, 0.25) is 0 Å². The molecule has 1 heterocycles. The number of aromatic nitrogens is 2. The summed E-state index contributed by atoms with van der Waals surface area (Å²) >= 11 is 0. The standard InChI is InChI=1S/C24H25N3O4/c1-16-5-9-19(10-6-16)21-14-22(27-26-21)24(30)31-15-23(29)20-11-7-18(8-12-20)4-3-13-25-17(2)28/h5-12,14H,3-4,13,15H2,1-2H3,(H,25,28)(H,26,27). The quantitative estimate of drug-likeness (QED) is 0.314. The lowest BCUT2D eigenvalue weighted by Gasteiger charge is -2.05. The summed E-state index contributed by atoms with van der Waals surface area (Å²) < 4.78 is 5.14. The summed E-state index contributed by atoms with van der Waals surface area (Å²) in [6, 6.07) is 16.6. The normalized spacial score (nSPS) is 10.5. The van der Waals surface area contributed by atoms with Crippen molar-refractivity contribution in [2.45, 2.75) is 26.7 Å². The van der Waals surface area contributed by atoms with Crippen molar-refractivity contribution in [2.75, 3.05) is 13.2 Å². The van der Waals surface area contributed by atoms with Gasteiger partial charge >= 0.3 is 5.97 Å². The number of carbonyl (C=O) groups is 3. The number of ketones is 1. The molecule has 0 radical (unpaired) electrons. The third-order valence-electron chi connectivity index (χ3n) is 4.77. The van der Waals surface area contributed by atoms with Gasteiger partial charge in [-0.3, -0.25) is 14.7 Å². The van der Waals surface area contributed by atoms with Crippen LogP contribution >= 0.6 is 0 Å². The number of H-pyrrole nitrogens is 1. The summed E-state index contributed by atoms with van der Waals surface area (Å²) in [4.78, 5) is 35.4. The molecular formula is C24H25N3O4. The number of aromatic amines is 1. The number of benzene rings is 2. The Morgan fingerprint density at radius 2 is 1.74 bits per heavy atom. The molecule has 160 valence electrons. The molecule has 2 aromatic carbocycles. The first-order valence-corrected chi connectivity index (χ1v) is 10.1. The van der Waals surface area contributed by atoms with E-state index in [-0.39, 0.29) is 24.0 Å². The van der Waals surface area contributed by atoms with Gasteiger partial charge in [-0.05, 0) is 31.4 Å². The van der Waals surface area contributed by atoms with Crippen molar-refractivity contribution in [2.24, 2.45) is 0 Å². The van der Waals surface area contributed by atoms with E-state index in [4.69, 9.17) is 4.74 Å². The SMILES string of the molecule is CC(=O)NCCCc1ccc(C(=O)COC(=O)c2cc(-c3ccc(C)cc3)n[nH]2)cc1. The van der Waals surface area contributed by atoms with E-state index in [2.05, 4.69) is 15.5 Å². The molecule has 0 saturated carbocycles. The van der Waals surface area contributed by atoms with Gasteiger partial charge in [0.15, 0.2) is 12.4 Å². The summed E-state index contributed by atoms with van der Waals surface area (Å²) in [6.07, 6.45) is 1.62. The molecule has 0 saturated heterocycles. The largest absolute Gasteiger partial charge is 0.453 e. The first-order chi connectivity index (χ1) is 14.9. The Balaban J connectivity index is 1.49. The van der Waals surface area contributed by atoms with Crippen LogP contribution in [0.3, 0.4) is 0 Å². The minimum Gasteiger partial charge on any atom is -0.453 e.